The number of ether oxygens (including phenoxy) is 2. The minimum absolute atomic E-state index is 0.00835. The maximum atomic E-state index is 14.5. The van der Waals surface area contributed by atoms with Gasteiger partial charge >= 0.3 is 11.9 Å². The Labute approximate surface area is 380 Å². The number of fused-ring (bicyclic) bond motifs is 16. The fraction of sp³-hybridized carbons (Fsp3) is 0.216. The van der Waals surface area contributed by atoms with Crippen LogP contribution in [0.3, 0.4) is 0 Å². The number of carbonyl (C=O) groups is 6. The molecule has 14 heteroatoms. The molecule has 2 bridgehead atoms. The lowest BCUT2D eigenvalue weighted by Crippen LogP contribution is -2.59. The Morgan fingerprint density at radius 1 is 0.615 bits per heavy atom. The van der Waals surface area contributed by atoms with Crippen LogP contribution in [0.15, 0.2) is 151 Å². The predicted molar refractivity (Wildman–Crippen MR) is 245 cm³/mol. The highest BCUT2D eigenvalue weighted by Gasteiger charge is 2.32. The largest absolute Gasteiger partial charge is 0.484 e. The van der Waals surface area contributed by atoms with Gasteiger partial charge in [-0.05, 0) is 81.9 Å². The maximum Gasteiger partial charge on any atom is 0.338 e. The summed E-state index contributed by atoms with van der Waals surface area (Å²) < 4.78 is 11.2. The third-order valence-corrected chi connectivity index (χ3v) is 11.8. The van der Waals surface area contributed by atoms with Gasteiger partial charge in [-0.1, -0.05) is 115 Å². The Kier molecular flexibility index (Phi) is 15.5. The van der Waals surface area contributed by atoms with Crippen molar-refractivity contribution >= 4 is 46.9 Å². The average molecular weight is 893 g/mol. The average Bonchev–Trinajstić information content (AvgIpc) is 3.85. The predicted octanol–water partition coefficient (Wildman–Crippen LogP) is 5.85. The van der Waals surface area contributed by atoms with E-state index in [1.165, 1.54) is 11.3 Å². The van der Waals surface area contributed by atoms with Crippen LogP contribution >= 0.6 is 11.3 Å². The van der Waals surface area contributed by atoms with Crippen molar-refractivity contribution in [3.05, 3.63) is 184 Å². The zero-order valence-electron chi connectivity index (χ0n) is 35.3. The van der Waals surface area contributed by atoms with Gasteiger partial charge < -0.3 is 35.8 Å². The Bertz CT molecular complexity index is 2550. The maximum absolute atomic E-state index is 14.5. The third kappa shape index (κ3) is 13.2. The van der Waals surface area contributed by atoms with E-state index in [9.17, 15) is 33.9 Å². The van der Waals surface area contributed by atoms with Crippen molar-refractivity contribution in [3.8, 4) is 16.9 Å². The van der Waals surface area contributed by atoms with E-state index in [2.05, 4.69) is 21.3 Å². The summed E-state index contributed by atoms with van der Waals surface area (Å²) in [5.74, 6) is -3.96. The molecule has 4 atom stereocenters. The van der Waals surface area contributed by atoms with E-state index < -0.39 is 66.3 Å². The zero-order valence-corrected chi connectivity index (χ0v) is 36.1. The summed E-state index contributed by atoms with van der Waals surface area (Å²) in [7, 11) is 0. The van der Waals surface area contributed by atoms with E-state index in [1.807, 2.05) is 115 Å². The number of benzene rings is 5. The van der Waals surface area contributed by atoms with Crippen LogP contribution in [0.4, 0.5) is 0 Å². The topological polar surface area (TPSA) is 189 Å². The number of esters is 1. The molecular formula is C51H48N4O9S. The number of hydrogen-bond acceptors (Lipinski definition) is 9. The lowest BCUT2D eigenvalue weighted by atomic mass is 9.98. The standard InChI is InChI=1S/C51H48N4O9S/c56-46-32-63-40-24-15-35(16-25-40)29-45(50(60)61)55-47(57)42(26-17-33-8-3-1-4-9-33)53-48(58)43(54-49(59)44(52-46)30-41-12-7-27-65-41)28-34-13-18-37(19-14-34)38-20-22-39(23-21-38)51(62)64-31-36-10-5-2-6-11-36/h1-16,18-25,27,42-45H,17,26,28-32H2,(H,52,56)(H,53,58)(H,54,59)(H,55,57)(H,60,61)/t42-,43+,44-,45+/m1/s1. The molecule has 0 spiro atoms. The molecule has 6 aromatic rings. The van der Waals surface area contributed by atoms with Crippen LogP contribution in [0.25, 0.3) is 11.1 Å². The number of aryl methyl sites for hydroxylation is 1. The second kappa shape index (κ2) is 22.2. The molecule has 5 aromatic carbocycles. The number of thiophene rings is 1. The van der Waals surface area contributed by atoms with Gasteiger partial charge in [-0.3, -0.25) is 19.2 Å². The first-order valence-electron chi connectivity index (χ1n) is 21.2. The third-order valence-electron chi connectivity index (χ3n) is 10.9. The van der Waals surface area contributed by atoms with Gasteiger partial charge in [0.15, 0.2) is 6.61 Å². The number of amides is 4. The van der Waals surface area contributed by atoms with E-state index in [-0.39, 0.29) is 32.3 Å². The Morgan fingerprint density at radius 2 is 1.22 bits per heavy atom. The van der Waals surface area contributed by atoms with Gasteiger partial charge in [0.05, 0.1) is 5.56 Å². The first-order valence-corrected chi connectivity index (χ1v) is 22.1. The van der Waals surface area contributed by atoms with Crippen LogP contribution in [0.5, 0.6) is 5.75 Å². The van der Waals surface area contributed by atoms with Crippen molar-refractivity contribution in [3.63, 3.8) is 0 Å². The second-order valence-electron chi connectivity index (χ2n) is 15.6. The second-order valence-corrected chi connectivity index (χ2v) is 16.7. The molecule has 0 unspecified atom stereocenters. The lowest BCUT2D eigenvalue weighted by Gasteiger charge is -2.26. The lowest BCUT2D eigenvalue weighted by molar-refractivity contribution is -0.142. The van der Waals surface area contributed by atoms with Crippen molar-refractivity contribution in [1.82, 2.24) is 21.3 Å². The molecule has 3 heterocycles. The Balaban J connectivity index is 1.14. The van der Waals surface area contributed by atoms with Crippen LogP contribution in [-0.2, 0) is 61.0 Å². The first-order chi connectivity index (χ1) is 31.6. The van der Waals surface area contributed by atoms with Crippen molar-refractivity contribution in [1.29, 1.82) is 0 Å². The van der Waals surface area contributed by atoms with Gasteiger partial charge in [-0.25, -0.2) is 9.59 Å². The summed E-state index contributed by atoms with van der Waals surface area (Å²) in [4.78, 5) is 82.1. The quantitative estimate of drug-likeness (QED) is 0.0742. The number of carboxylic acid groups (broad SMARTS) is 1. The Morgan fingerprint density at radius 3 is 1.85 bits per heavy atom. The number of rotatable bonds is 12. The minimum Gasteiger partial charge on any atom is -0.484 e. The molecular weight excluding hydrogens is 845 g/mol. The summed E-state index contributed by atoms with van der Waals surface area (Å²) in [6.45, 7) is -0.259. The van der Waals surface area contributed by atoms with E-state index in [0.717, 1.165) is 27.1 Å². The van der Waals surface area contributed by atoms with Crippen molar-refractivity contribution in [2.75, 3.05) is 6.61 Å². The normalized spacial score (nSPS) is 18.3. The monoisotopic (exact) mass is 892 g/mol. The number of aliphatic carboxylic acids is 1. The number of hydrogen-bond donors (Lipinski definition) is 5. The highest BCUT2D eigenvalue weighted by atomic mass is 32.1. The highest BCUT2D eigenvalue weighted by Crippen LogP contribution is 2.22. The molecule has 0 fully saturated rings. The molecule has 13 nitrogen and oxygen atoms in total. The van der Waals surface area contributed by atoms with E-state index in [4.69, 9.17) is 9.47 Å². The molecule has 332 valence electrons. The van der Waals surface area contributed by atoms with Crippen molar-refractivity contribution < 1.29 is 43.3 Å². The highest BCUT2D eigenvalue weighted by molar-refractivity contribution is 7.09. The fourth-order valence-corrected chi connectivity index (χ4v) is 8.06. The zero-order chi connectivity index (χ0) is 45.5. The number of carbonyl (C=O) groups excluding carboxylic acids is 5. The minimum atomic E-state index is -1.34. The molecule has 2 aliphatic heterocycles. The van der Waals surface area contributed by atoms with Gasteiger partial charge in [-0.15, -0.1) is 11.3 Å². The summed E-state index contributed by atoms with van der Waals surface area (Å²) in [6.07, 6.45) is 0.560. The molecule has 2 aliphatic rings. The molecule has 5 N–H and O–H groups in total. The van der Waals surface area contributed by atoms with E-state index in [0.29, 0.717) is 28.9 Å². The van der Waals surface area contributed by atoms with Crippen LogP contribution in [0.2, 0.25) is 0 Å². The SMILES string of the molecule is O=C1COc2ccc(cc2)C[C@@H](C(=O)O)NC(=O)[C@@H](CCc2ccccc2)NC(=O)[C@H](Cc2ccc(-c3ccc(C(=O)OCc4ccccc4)cc3)cc2)NC(=O)[C@@H](Cc2cccs2)N1. The van der Waals surface area contributed by atoms with Gasteiger partial charge in [0.2, 0.25) is 17.7 Å². The van der Waals surface area contributed by atoms with Gasteiger partial charge in [0.25, 0.3) is 5.91 Å². The molecule has 1 aromatic heterocycles. The molecule has 0 saturated carbocycles. The summed E-state index contributed by atoms with van der Waals surface area (Å²) in [5.41, 5.74) is 5.09. The van der Waals surface area contributed by atoms with Crippen molar-refractivity contribution in [2.45, 2.75) is 62.9 Å². The van der Waals surface area contributed by atoms with E-state index in [1.54, 1.807) is 36.4 Å². The molecule has 0 saturated heterocycles. The summed E-state index contributed by atoms with van der Waals surface area (Å²) in [5, 5.41) is 23.1. The molecule has 0 aliphatic carbocycles. The molecule has 65 heavy (non-hydrogen) atoms. The molecule has 8 rings (SSSR count). The van der Waals surface area contributed by atoms with Crippen molar-refractivity contribution in [2.24, 2.45) is 0 Å². The Hall–Kier alpha value is -7.58. The van der Waals surface area contributed by atoms with Gasteiger partial charge in [0.1, 0.15) is 36.5 Å². The van der Waals surface area contributed by atoms with Crippen LogP contribution in [0.1, 0.15) is 43.9 Å². The van der Waals surface area contributed by atoms with E-state index >= 15 is 0 Å². The van der Waals surface area contributed by atoms with Gasteiger partial charge in [0, 0.05) is 24.1 Å². The smallest absolute Gasteiger partial charge is 0.338 e. The first kappa shape index (κ1) is 45.4. The summed E-state index contributed by atoms with van der Waals surface area (Å²) >= 11 is 1.41. The molecule has 0 radical (unpaired) electrons. The van der Waals surface area contributed by atoms with Gasteiger partial charge in [-0.2, -0.15) is 0 Å². The van der Waals surface area contributed by atoms with Crippen LogP contribution < -0.4 is 26.0 Å². The number of carboxylic acids is 1. The molecule has 4 amide bonds. The van der Waals surface area contributed by atoms with Crippen LogP contribution in [-0.4, -0.2) is 71.4 Å². The van der Waals surface area contributed by atoms with Crippen LogP contribution in [0, 0.1) is 0 Å². The summed E-state index contributed by atoms with van der Waals surface area (Å²) in [6, 6.07) is 38.4. The number of nitrogens with one attached hydrogen (secondary N) is 4. The fourth-order valence-electron chi connectivity index (χ4n) is 7.31.